The number of benzene rings is 3. The van der Waals surface area contributed by atoms with Crippen molar-refractivity contribution >= 4 is 12.1 Å². The van der Waals surface area contributed by atoms with Crippen molar-refractivity contribution in [2.75, 3.05) is 13.2 Å². The van der Waals surface area contributed by atoms with Crippen LogP contribution in [0.3, 0.4) is 0 Å². The molecule has 0 aliphatic rings. The zero-order valence-electron chi connectivity index (χ0n) is 21.7. The number of rotatable bonds is 10. The van der Waals surface area contributed by atoms with Crippen LogP contribution in [0.5, 0.6) is 11.5 Å². The van der Waals surface area contributed by atoms with Gasteiger partial charge in [0, 0.05) is 18.5 Å². The quantitative estimate of drug-likeness (QED) is 0.216. The van der Waals surface area contributed by atoms with Gasteiger partial charge in [0.05, 0.1) is 17.9 Å². The number of carboxylic acids is 1. The molecule has 0 aliphatic heterocycles. The first-order valence-electron chi connectivity index (χ1n) is 12.3. The van der Waals surface area contributed by atoms with Gasteiger partial charge in [-0.25, -0.2) is 14.2 Å². The van der Waals surface area contributed by atoms with Crippen molar-refractivity contribution < 1.29 is 46.1 Å². The number of aromatic nitrogens is 1. The number of hydrogen-bond donors (Lipinski definition) is 1. The molecule has 1 amide bonds. The van der Waals surface area contributed by atoms with Gasteiger partial charge in [-0.05, 0) is 55.0 Å². The number of nitrogens with zero attached hydrogens (tertiary/aromatic N) is 2. The molecule has 0 aliphatic carbocycles. The minimum absolute atomic E-state index is 0.223. The third-order valence-electron chi connectivity index (χ3n) is 5.85. The average Bonchev–Trinajstić information content (AvgIpc) is 3.30. The maximum atomic E-state index is 13.5. The highest BCUT2D eigenvalue weighted by Crippen LogP contribution is 2.33. The Morgan fingerprint density at radius 1 is 1.00 bits per heavy atom. The van der Waals surface area contributed by atoms with E-state index in [1.807, 2.05) is 37.3 Å². The van der Waals surface area contributed by atoms with Crippen LogP contribution in [0.15, 0.2) is 77.2 Å². The standard InChI is InChI=1S/C29H24F4N2O6/c1-18-25(34-27(40-18)20-5-3-2-4-6-20)13-14-39-21-9-7-19(8-10-21)16-35(17-26(36)37)28(38)41-22-11-12-24(30)23(15-22)29(31,32)33/h2-12,15H,13-14,16-17H2,1H3,(H,36,37). The lowest BCUT2D eigenvalue weighted by Gasteiger charge is -2.20. The Balaban J connectivity index is 1.35. The van der Waals surface area contributed by atoms with E-state index in [4.69, 9.17) is 13.9 Å². The highest BCUT2D eigenvalue weighted by atomic mass is 19.4. The van der Waals surface area contributed by atoms with Crippen molar-refractivity contribution in [3.8, 4) is 23.0 Å². The average molecular weight is 573 g/mol. The van der Waals surface area contributed by atoms with E-state index in [0.29, 0.717) is 48.1 Å². The molecule has 0 unspecified atom stereocenters. The normalized spacial score (nSPS) is 11.2. The lowest BCUT2D eigenvalue weighted by atomic mass is 10.2. The summed E-state index contributed by atoms with van der Waals surface area (Å²) in [7, 11) is 0. The number of alkyl halides is 3. The largest absolute Gasteiger partial charge is 0.493 e. The minimum atomic E-state index is -5.00. The summed E-state index contributed by atoms with van der Waals surface area (Å²) in [5.41, 5.74) is 0.513. The van der Waals surface area contributed by atoms with Crippen molar-refractivity contribution in [3.63, 3.8) is 0 Å². The summed E-state index contributed by atoms with van der Waals surface area (Å²) in [4.78, 5) is 29.2. The zero-order chi connectivity index (χ0) is 29.6. The van der Waals surface area contributed by atoms with E-state index in [2.05, 4.69) is 4.98 Å². The molecule has 0 saturated carbocycles. The van der Waals surface area contributed by atoms with Crippen LogP contribution in [0.2, 0.25) is 0 Å². The number of oxazole rings is 1. The summed E-state index contributed by atoms with van der Waals surface area (Å²) in [5.74, 6) is -1.76. The minimum Gasteiger partial charge on any atom is -0.493 e. The van der Waals surface area contributed by atoms with E-state index in [0.717, 1.165) is 22.2 Å². The van der Waals surface area contributed by atoms with Crippen LogP contribution < -0.4 is 9.47 Å². The Morgan fingerprint density at radius 3 is 2.34 bits per heavy atom. The zero-order valence-corrected chi connectivity index (χ0v) is 21.7. The van der Waals surface area contributed by atoms with Crippen LogP contribution in [-0.2, 0) is 23.9 Å². The van der Waals surface area contributed by atoms with E-state index >= 15 is 0 Å². The second-order valence-corrected chi connectivity index (χ2v) is 8.89. The molecule has 0 atom stereocenters. The Bertz CT molecular complexity index is 1500. The van der Waals surface area contributed by atoms with E-state index < -0.39 is 41.9 Å². The second-order valence-electron chi connectivity index (χ2n) is 8.89. The number of hydrogen-bond acceptors (Lipinski definition) is 6. The highest BCUT2D eigenvalue weighted by molar-refractivity contribution is 5.78. The molecule has 4 aromatic rings. The fourth-order valence-electron chi connectivity index (χ4n) is 3.84. The van der Waals surface area contributed by atoms with Crippen LogP contribution >= 0.6 is 0 Å². The van der Waals surface area contributed by atoms with Crippen LogP contribution in [0.1, 0.15) is 22.6 Å². The van der Waals surface area contributed by atoms with Gasteiger partial charge in [-0.15, -0.1) is 0 Å². The molecular formula is C29H24F4N2O6. The van der Waals surface area contributed by atoms with E-state index in [-0.39, 0.29) is 6.54 Å². The molecule has 0 radical (unpaired) electrons. The second kappa shape index (κ2) is 12.5. The maximum absolute atomic E-state index is 13.5. The molecule has 1 aromatic heterocycles. The first-order chi connectivity index (χ1) is 19.5. The number of aryl methyl sites for hydroxylation is 1. The monoisotopic (exact) mass is 572 g/mol. The van der Waals surface area contributed by atoms with Gasteiger partial charge in [-0.3, -0.25) is 9.69 Å². The number of ether oxygens (including phenoxy) is 2. The highest BCUT2D eigenvalue weighted by Gasteiger charge is 2.35. The Hall–Kier alpha value is -4.87. The Morgan fingerprint density at radius 2 is 1.68 bits per heavy atom. The molecule has 0 bridgehead atoms. The summed E-state index contributed by atoms with van der Waals surface area (Å²) in [6.07, 6.45) is -5.73. The van der Waals surface area contributed by atoms with Gasteiger partial charge in [0.15, 0.2) is 0 Å². The van der Waals surface area contributed by atoms with Crippen LogP contribution in [-0.4, -0.2) is 40.2 Å². The van der Waals surface area contributed by atoms with Crippen molar-refractivity contribution in [2.24, 2.45) is 0 Å². The van der Waals surface area contributed by atoms with Crippen LogP contribution in [0.25, 0.3) is 11.5 Å². The summed E-state index contributed by atoms with van der Waals surface area (Å²) < 4.78 is 68.9. The molecule has 1 heterocycles. The summed E-state index contributed by atoms with van der Waals surface area (Å²) in [6.45, 7) is 1.12. The molecule has 1 N–H and O–H groups in total. The van der Waals surface area contributed by atoms with Gasteiger partial charge in [-0.2, -0.15) is 13.2 Å². The van der Waals surface area contributed by atoms with Crippen molar-refractivity contribution in [1.82, 2.24) is 9.88 Å². The molecule has 12 heteroatoms. The molecule has 4 rings (SSSR count). The molecule has 214 valence electrons. The Labute approximate surface area is 231 Å². The number of aliphatic carboxylic acids is 1. The van der Waals surface area contributed by atoms with Gasteiger partial charge in [0.2, 0.25) is 5.89 Å². The number of halogens is 4. The maximum Gasteiger partial charge on any atom is 0.419 e. The SMILES string of the molecule is Cc1oc(-c2ccccc2)nc1CCOc1ccc(CN(CC(=O)O)C(=O)Oc2ccc(F)c(C(F)(F)F)c2)cc1. The third-order valence-corrected chi connectivity index (χ3v) is 5.85. The number of amides is 1. The first kappa shape index (κ1) is 29.1. The Kier molecular flexibility index (Phi) is 8.91. The van der Waals surface area contributed by atoms with Gasteiger partial charge in [0.25, 0.3) is 0 Å². The lowest BCUT2D eigenvalue weighted by Crippen LogP contribution is -2.37. The van der Waals surface area contributed by atoms with E-state index in [9.17, 15) is 32.3 Å². The number of carbonyl (C=O) groups excluding carboxylic acids is 1. The fourth-order valence-corrected chi connectivity index (χ4v) is 3.84. The van der Waals surface area contributed by atoms with E-state index in [1.54, 1.807) is 24.3 Å². The van der Waals surface area contributed by atoms with Gasteiger partial charge < -0.3 is 19.0 Å². The van der Waals surface area contributed by atoms with Gasteiger partial charge in [-0.1, -0.05) is 30.3 Å². The third kappa shape index (κ3) is 7.84. The molecule has 0 saturated heterocycles. The van der Waals surface area contributed by atoms with Crippen LogP contribution in [0.4, 0.5) is 22.4 Å². The molecule has 3 aromatic carbocycles. The molecular weight excluding hydrogens is 548 g/mol. The molecule has 0 fully saturated rings. The predicted octanol–water partition coefficient (Wildman–Crippen LogP) is 6.52. The van der Waals surface area contributed by atoms with Gasteiger partial charge >= 0.3 is 18.2 Å². The van der Waals surface area contributed by atoms with Crippen molar-refractivity contribution in [2.45, 2.75) is 26.1 Å². The molecule has 41 heavy (non-hydrogen) atoms. The lowest BCUT2D eigenvalue weighted by molar-refractivity contribution is -0.140. The summed E-state index contributed by atoms with van der Waals surface area (Å²) >= 11 is 0. The smallest absolute Gasteiger partial charge is 0.419 e. The number of carboxylic acid groups (broad SMARTS) is 1. The predicted molar refractivity (Wildman–Crippen MR) is 138 cm³/mol. The van der Waals surface area contributed by atoms with Crippen LogP contribution in [0, 0.1) is 12.7 Å². The van der Waals surface area contributed by atoms with Crippen molar-refractivity contribution in [1.29, 1.82) is 0 Å². The number of carbonyl (C=O) groups is 2. The summed E-state index contributed by atoms with van der Waals surface area (Å²) in [5, 5.41) is 9.21. The first-order valence-corrected chi connectivity index (χ1v) is 12.3. The fraction of sp³-hybridized carbons (Fsp3) is 0.207. The summed E-state index contributed by atoms with van der Waals surface area (Å²) in [6, 6.07) is 17.6. The van der Waals surface area contributed by atoms with E-state index in [1.165, 1.54) is 0 Å². The topological polar surface area (TPSA) is 102 Å². The molecule has 8 nitrogen and oxygen atoms in total. The van der Waals surface area contributed by atoms with Crippen molar-refractivity contribution in [3.05, 3.63) is 101 Å². The van der Waals surface area contributed by atoms with Gasteiger partial charge in [0.1, 0.15) is 29.6 Å². The molecule has 0 spiro atoms.